The Morgan fingerprint density at radius 3 is 2.61 bits per heavy atom. The van der Waals surface area contributed by atoms with Gasteiger partial charge >= 0.3 is 0 Å². The van der Waals surface area contributed by atoms with Gasteiger partial charge in [0.05, 0.1) is 24.4 Å². The van der Waals surface area contributed by atoms with E-state index in [4.69, 9.17) is 0 Å². The molecule has 1 aliphatic rings. The molecule has 1 heterocycles. The van der Waals surface area contributed by atoms with Gasteiger partial charge in [0.15, 0.2) is 0 Å². The van der Waals surface area contributed by atoms with Gasteiger partial charge in [-0.2, -0.15) is 5.10 Å². The van der Waals surface area contributed by atoms with Gasteiger partial charge in [0.2, 0.25) is 0 Å². The highest BCUT2D eigenvalue weighted by Gasteiger charge is 2.25. The molecule has 2 aromatic rings. The predicted molar refractivity (Wildman–Crippen MR) is 88.9 cm³/mol. The molecule has 0 aliphatic heterocycles. The van der Waals surface area contributed by atoms with Crippen molar-refractivity contribution in [2.75, 3.05) is 13.1 Å². The van der Waals surface area contributed by atoms with Crippen LogP contribution in [0.1, 0.15) is 43.0 Å². The molecule has 0 bridgehead atoms. The van der Waals surface area contributed by atoms with E-state index in [1.807, 2.05) is 29.1 Å². The summed E-state index contributed by atoms with van der Waals surface area (Å²) in [6.07, 6.45) is 5.04. The van der Waals surface area contributed by atoms with Gasteiger partial charge in [0, 0.05) is 31.4 Å². The van der Waals surface area contributed by atoms with E-state index in [-0.39, 0.29) is 0 Å². The van der Waals surface area contributed by atoms with E-state index in [1.165, 1.54) is 18.4 Å². The zero-order chi connectivity index (χ0) is 16.2. The SMILES string of the molecule is CC(O)CN(Cc1ccccc1)CC(O)c1cnn(C2CC2)c1. The summed E-state index contributed by atoms with van der Waals surface area (Å²) in [6.45, 7) is 3.49. The molecule has 1 saturated carbocycles. The molecule has 0 amide bonds. The molecule has 124 valence electrons. The van der Waals surface area contributed by atoms with E-state index in [0.29, 0.717) is 25.7 Å². The quantitative estimate of drug-likeness (QED) is 0.783. The highest BCUT2D eigenvalue weighted by molar-refractivity contribution is 5.15. The highest BCUT2D eigenvalue weighted by atomic mass is 16.3. The van der Waals surface area contributed by atoms with E-state index < -0.39 is 12.2 Å². The molecule has 3 rings (SSSR count). The monoisotopic (exact) mass is 315 g/mol. The van der Waals surface area contributed by atoms with Crippen LogP contribution in [-0.2, 0) is 6.54 Å². The summed E-state index contributed by atoms with van der Waals surface area (Å²) in [7, 11) is 0. The molecule has 0 radical (unpaired) electrons. The Bertz CT molecular complexity index is 608. The maximum absolute atomic E-state index is 10.5. The second kappa shape index (κ2) is 7.25. The lowest BCUT2D eigenvalue weighted by Gasteiger charge is -2.26. The van der Waals surface area contributed by atoms with Crippen LogP contribution in [0.4, 0.5) is 0 Å². The second-order valence-corrected chi connectivity index (χ2v) is 6.53. The Hall–Kier alpha value is -1.69. The molecular weight excluding hydrogens is 290 g/mol. The van der Waals surface area contributed by atoms with Gasteiger partial charge in [0.25, 0.3) is 0 Å². The molecule has 2 atom stereocenters. The number of aliphatic hydroxyl groups excluding tert-OH is 2. The number of benzene rings is 1. The van der Waals surface area contributed by atoms with Crippen molar-refractivity contribution in [2.45, 2.75) is 44.6 Å². The zero-order valence-corrected chi connectivity index (χ0v) is 13.5. The van der Waals surface area contributed by atoms with Crippen LogP contribution in [-0.4, -0.2) is 44.1 Å². The fourth-order valence-corrected chi connectivity index (χ4v) is 2.83. The smallest absolute Gasteiger partial charge is 0.0947 e. The van der Waals surface area contributed by atoms with E-state index in [2.05, 4.69) is 22.1 Å². The first kappa shape index (κ1) is 16.2. The van der Waals surface area contributed by atoms with Gasteiger partial charge in [-0.15, -0.1) is 0 Å². The number of hydrogen-bond acceptors (Lipinski definition) is 4. The summed E-state index contributed by atoms with van der Waals surface area (Å²) < 4.78 is 1.95. The van der Waals surface area contributed by atoms with Crippen molar-refractivity contribution in [1.29, 1.82) is 0 Å². The van der Waals surface area contributed by atoms with Gasteiger partial charge < -0.3 is 10.2 Å². The maximum Gasteiger partial charge on any atom is 0.0947 e. The zero-order valence-electron chi connectivity index (χ0n) is 13.5. The summed E-state index contributed by atoms with van der Waals surface area (Å²) >= 11 is 0. The molecule has 0 saturated heterocycles. The largest absolute Gasteiger partial charge is 0.392 e. The van der Waals surface area contributed by atoms with E-state index in [1.54, 1.807) is 13.1 Å². The first-order valence-electron chi connectivity index (χ1n) is 8.28. The third-order valence-corrected chi connectivity index (χ3v) is 4.13. The van der Waals surface area contributed by atoms with Gasteiger partial charge in [-0.25, -0.2) is 0 Å². The van der Waals surface area contributed by atoms with Crippen LogP contribution < -0.4 is 0 Å². The number of aromatic nitrogens is 2. The Morgan fingerprint density at radius 2 is 1.96 bits per heavy atom. The molecule has 2 N–H and O–H groups in total. The van der Waals surface area contributed by atoms with Crippen LogP contribution >= 0.6 is 0 Å². The van der Waals surface area contributed by atoms with Gasteiger partial charge in [-0.05, 0) is 25.3 Å². The topological polar surface area (TPSA) is 61.5 Å². The van der Waals surface area contributed by atoms with Crippen molar-refractivity contribution in [2.24, 2.45) is 0 Å². The number of aliphatic hydroxyl groups is 2. The molecule has 1 aromatic heterocycles. The standard InChI is InChI=1S/C18H25N3O2/c1-14(22)10-20(11-15-5-3-2-4-6-15)13-18(23)16-9-19-21(12-16)17-7-8-17/h2-6,9,12,14,17-18,22-23H,7-8,10-11,13H2,1H3. The van der Waals surface area contributed by atoms with E-state index in [0.717, 1.165) is 5.56 Å². The molecule has 5 heteroatoms. The molecule has 2 unspecified atom stereocenters. The van der Waals surface area contributed by atoms with Crippen LogP contribution in [0.15, 0.2) is 42.7 Å². The predicted octanol–water partition coefficient (Wildman–Crippen LogP) is 2.13. The third kappa shape index (κ3) is 4.64. The van der Waals surface area contributed by atoms with Crippen LogP contribution in [0.2, 0.25) is 0 Å². The normalized spacial score (nSPS) is 17.4. The first-order chi connectivity index (χ1) is 11.1. The highest BCUT2D eigenvalue weighted by Crippen LogP contribution is 2.34. The lowest BCUT2D eigenvalue weighted by Crippen LogP contribution is -2.34. The van der Waals surface area contributed by atoms with E-state index in [9.17, 15) is 10.2 Å². The summed E-state index contributed by atoms with van der Waals surface area (Å²) in [5.41, 5.74) is 2.02. The first-order valence-corrected chi connectivity index (χ1v) is 8.28. The Labute approximate surface area is 137 Å². The average molecular weight is 315 g/mol. The Balaban J connectivity index is 1.63. The van der Waals surface area contributed by atoms with Crippen molar-refractivity contribution in [3.63, 3.8) is 0 Å². The molecular formula is C18H25N3O2. The molecule has 1 aliphatic carbocycles. The van der Waals surface area contributed by atoms with Crippen LogP contribution in [0.5, 0.6) is 0 Å². The third-order valence-electron chi connectivity index (χ3n) is 4.13. The minimum absolute atomic E-state index is 0.430. The molecule has 23 heavy (non-hydrogen) atoms. The minimum Gasteiger partial charge on any atom is -0.392 e. The number of nitrogens with zero attached hydrogens (tertiary/aromatic N) is 3. The van der Waals surface area contributed by atoms with Gasteiger partial charge in [0.1, 0.15) is 0 Å². The van der Waals surface area contributed by atoms with Crippen LogP contribution in [0, 0.1) is 0 Å². The maximum atomic E-state index is 10.5. The van der Waals surface area contributed by atoms with Crippen molar-refractivity contribution in [3.05, 3.63) is 53.9 Å². The number of hydrogen-bond donors (Lipinski definition) is 2. The number of rotatable bonds is 8. The van der Waals surface area contributed by atoms with Crippen molar-refractivity contribution < 1.29 is 10.2 Å². The van der Waals surface area contributed by atoms with Gasteiger partial charge in [-0.1, -0.05) is 30.3 Å². The lowest BCUT2D eigenvalue weighted by molar-refractivity contribution is 0.0716. The summed E-state index contributed by atoms with van der Waals surface area (Å²) in [5, 5.41) is 24.6. The fraction of sp³-hybridized carbons (Fsp3) is 0.500. The summed E-state index contributed by atoms with van der Waals surface area (Å²) in [4.78, 5) is 2.08. The van der Waals surface area contributed by atoms with Crippen LogP contribution in [0.25, 0.3) is 0 Å². The lowest BCUT2D eigenvalue weighted by atomic mass is 10.1. The molecule has 1 aromatic carbocycles. The summed E-state index contributed by atoms with van der Waals surface area (Å²) in [5.74, 6) is 0. The minimum atomic E-state index is -0.593. The molecule has 0 spiro atoms. The molecule has 5 nitrogen and oxygen atoms in total. The molecule has 1 fully saturated rings. The second-order valence-electron chi connectivity index (χ2n) is 6.53. The Kier molecular flexibility index (Phi) is 5.10. The van der Waals surface area contributed by atoms with Gasteiger partial charge in [-0.3, -0.25) is 9.58 Å². The van der Waals surface area contributed by atoms with Crippen molar-refractivity contribution in [3.8, 4) is 0 Å². The van der Waals surface area contributed by atoms with E-state index >= 15 is 0 Å². The van der Waals surface area contributed by atoms with Crippen LogP contribution in [0.3, 0.4) is 0 Å². The Morgan fingerprint density at radius 1 is 1.22 bits per heavy atom. The van der Waals surface area contributed by atoms with Crippen molar-refractivity contribution in [1.82, 2.24) is 14.7 Å². The van der Waals surface area contributed by atoms with Crippen molar-refractivity contribution >= 4 is 0 Å². The summed E-state index contributed by atoms with van der Waals surface area (Å²) in [6, 6.07) is 10.6. The average Bonchev–Trinajstić information content (AvgIpc) is 3.24. The fourth-order valence-electron chi connectivity index (χ4n) is 2.83.